The zero-order chi connectivity index (χ0) is 36.3. The van der Waals surface area contributed by atoms with Gasteiger partial charge in [0.05, 0.1) is 16.8 Å². The molecule has 0 aliphatic heterocycles. The van der Waals surface area contributed by atoms with E-state index in [0.717, 1.165) is 33.6 Å². The fourth-order valence-corrected chi connectivity index (χ4v) is 9.03. The molecule has 0 bridgehead atoms. The van der Waals surface area contributed by atoms with Gasteiger partial charge in [0.25, 0.3) is 0 Å². The predicted molar refractivity (Wildman–Crippen MR) is 223 cm³/mol. The van der Waals surface area contributed by atoms with Gasteiger partial charge in [-0.25, -0.2) is 9.97 Å². The van der Waals surface area contributed by atoms with Crippen molar-refractivity contribution >= 4 is 0 Å². The highest BCUT2D eigenvalue weighted by Crippen LogP contribution is 2.63. The highest BCUT2D eigenvalue weighted by molar-refractivity contribution is 5.99. The van der Waals surface area contributed by atoms with Crippen LogP contribution in [0.3, 0.4) is 0 Å². The number of benzene rings is 7. The number of hydrogen-bond acceptors (Lipinski definition) is 3. The third-order valence-corrected chi connectivity index (χ3v) is 11.5. The monoisotopic (exact) mass is 699 g/mol. The lowest BCUT2D eigenvalue weighted by Gasteiger charge is -2.30. The largest absolute Gasteiger partial charge is 0.264 e. The second-order valence-electron chi connectivity index (χ2n) is 14.3. The Balaban J connectivity index is 1.07. The van der Waals surface area contributed by atoms with Gasteiger partial charge in [-0.15, -0.1) is 0 Å². The smallest absolute Gasteiger partial charge is 0.161 e. The van der Waals surface area contributed by atoms with E-state index in [1.807, 2.05) is 12.3 Å². The summed E-state index contributed by atoms with van der Waals surface area (Å²) >= 11 is 0. The molecule has 256 valence electrons. The molecule has 9 aromatic rings. The Morgan fingerprint density at radius 2 is 0.782 bits per heavy atom. The summed E-state index contributed by atoms with van der Waals surface area (Å²) < 4.78 is 0. The number of rotatable bonds is 5. The molecule has 3 heteroatoms. The maximum absolute atomic E-state index is 5.37. The van der Waals surface area contributed by atoms with Crippen LogP contribution in [0.25, 0.3) is 78.4 Å². The van der Waals surface area contributed by atoms with Crippen LogP contribution in [0.4, 0.5) is 0 Å². The first kappa shape index (κ1) is 31.3. The van der Waals surface area contributed by atoms with Crippen molar-refractivity contribution in [1.82, 2.24) is 15.0 Å². The van der Waals surface area contributed by atoms with Gasteiger partial charge in [0.1, 0.15) is 0 Å². The third kappa shape index (κ3) is 4.80. The molecule has 0 atom stereocenters. The van der Waals surface area contributed by atoms with E-state index in [9.17, 15) is 0 Å². The molecule has 0 N–H and O–H groups in total. The first-order chi connectivity index (χ1) is 27.3. The second-order valence-corrected chi connectivity index (χ2v) is 14.3. The molecule has 0 unspecified atom stereocenters. The summed E-state index contributed by atoms with van der Waals surface area (Å²) in [5.41, 5.74) is 19.2. The summed E-state index contributed by atoms with van der Waals surface area (Å²) in [6.45, 7) is 0. The van der Waals surface area contributed by atoms with Crippen LogP contribution in [-0.2, 0) is 5.41 Å². The van der Waals surface area contributed by atoms with Gasteiger partial charge in [-0.3, -0.25) is 4.98 Å². The van der Waals surface area contributed by atoms with E-state index in [4.69, 9.17) is 9.97 Å². The number of hydrogen-bond donors (Lipinski definition) is 0. The van der Waals surface area contributed by atoms with Gasteiger partial charge >= 0.3 is 0 Å². The van der Waals surface area contributed by atoms with E-state index < -0.39 is 5.41 Å². The molecule has 2 heterocycles. The number of fused-ring (bicyclic) bond motifs is 10. The first-order valence-electron chi connectivity index (χ1n) is 18.8. The minimum atomic E-state index is -0.436. The Morgan fingerprint density at radius 1 is 0.327 bits per heavy atom. The summed E-state index contributed by atoms with van der Waals surface area (Å²) in [5.74, 6) is 0.695. The van der Waals surface area contributed by atoms with E-state index in [1.54, 1.807) is 6.20 Å². The van der Waals surface area contributed by atoms with E-state index in [1.165, 1.54) is 61.2 Å². The number of pyridine rings is 1. The zero-order valence-electron chi connectivity index (χ0n) is 29.9. The van der Waals surface area contributed by atoms with Gasteiger partial charge in [0.2, 0.25) is 0 Å². The first-order valence-corrected chi connectivity index (χ1v) is 18.8. The normalized spacial score (nSPS) is 12.9. The summed E-state index contributed by atoms with van der Waals surface area (Å²) in [6.07, 6.45) is 3.68. The van der Waals surface area contributed by atoms with Crippen molar-refractivity contribution in [3.63, 3.8) is 0 Å². The van der Waals surface area contributed by atoms with Gasteiger partial charge in [0, 0.05) is 29.1 Å². The molecule has 2 aliphatic carbocycles. The van der Waals surface area contributed by atoms with Crippen LogP contribution in [0.15, 0.2) is 200 Å². The van der Waals surface area contributed by atoms with E-state index in [-0.39, 0.29) is 0 Å². The van der Waals surface area contributed by atoms with Crippen LogP contribution in [0.1, 0.15) is 22.3 Å². The Labute approximate surface area is 320 Å². The average Bonchev–Trinajstić information content (AvgIpc) is 3.75. The van der Waals surface area contributed by atoms with Crippen LogP contribution in [-0.4, -0.2) is 15.0 Å². The second kappa shape index (κ2) is 12.4. The quantitative estimate of drug-likeness (QED) is 0.179. The maximum Gasteiger partial charge on any atom is 0.161 e. The van der Waals surface area contributed by atoms with Gasteiger partial charge in [0.15, 0.2) is 5.82 Å². The van der Waals surface area contributed by atoms with Crippen LogP contribution < -0.4 is 0 Å². The molecular weight excluding hydrogens is 667 g/mol. The number of aromatic nitrogens is 3. The summed E-state index contributed by atoms with van der Waals surface area (Å²) in [5, 5.41) is 0. The lowest BCUT2D eigenvalue weighted by molar-refractivity contribution is 0.794. The molecule has 55 heavy (non-hydrogen) atoms. The highest BCUT2D eigenvalue weighted by Gasteiger charge is 2.52. The van der Waals surface area contributed by atoms with Crippen molar-refractivity contribution in [2.75, 3.05) is 0 Å². The topological polar surface area (TPSA) is 38.7 Å². The minimum absolute atomic E-state index is 0.436. The molecule has 0 radical (unpaired) electrons. The molecule has 0 fully saturated rings. The standard InChI is InChI=1S/C52H33N3/c1-2-12-34(13-3-1)35-23-25-36(26-24-35)37-27-29-38(30-28-37)48-32-49(39-14-11-31-53-33-39)55-51(54-48)43-18-10-22-47-50(43)42-17-6-9-21-46(42)52(47)44-19-7-4-15-40(44)41-16-5-8-20-45(41)52/h1-33H. The van der Waals surface area contributed by atoms with E-state index in [0.29, 0.717) is 5.82 Å². The fourth-order valence-electron chi connectivity index (χ4n) is 9.03. The molecule has 1 spiro atoms. The molecule has 2 aliphatic rings. The molecule has 7 aromatic carbocycles. The highest BCUT2D eigenvalue weighted by atomic mass is 14.9. The molecule has 0 amide bonds. The van der Waals surface area contributed by atoms with Crippen LogP contribution in [0, 0.1) is 0 Å². The average molecular weight is 700 g/mol. The molecule has 3 nitrogen and oxygen atoms in total. The molecular formula is C52H33N3. The molecule has 0 saturated heterocycles. The van der Waals surface area contributed by atoms with E-state index in [2.05, 4.69) is 187 Å². The summed E-state index contributed by atoms with van der Waals surface area (Å²) in [4.78, 5) is 15.1. The zero-order valence-corrected chi connectivity index (χ0v) is 29.9. The van der Waals surface area contributed by atoms with Crippen LogP contribution in [0.2, 0.25) is 0 Å². The van der Waals surface area contributed by atoms with Gasteiger partial charge in [-0.1, -0.05) is 170 Å². The molecule has 0 saturated carbocycles. The predicted octanol–water partition coefficient (Wildman–Crippen LogP) is 12.6. The Kier molecular flexibility index (Phi) is 7.08. The lowest BCUT2D eigenvalue weighted by atomic mass is 9.70. The van der Waals surface area contributed by atoms with Crippen molar-refractivity contribution in [1.29, 1.82) is 0 Å². The Bertz CT molecular complexity index is 2850. The van der Waals surface area contributed by atoms with Gasteiger partial charge in [-0.2, -0.15) is 0 Å². The van der Waals surface area contributed by atoms with Gasteiger partial charge in [-0.05, 0) is 85.0 Å². The van der Waals surface area contributed by atoms with Crippen molar-refractivity contribution in [3.8, 4) is 78.4 Å². The van der Waals surface area contributed by atoms with Crippen LogP contribution in [0.5, 0.6) is 0 Å². The molecule has 2 aromatic heterocycles. The van der Waals surface area contributed by atoms with Crippen LogP contribution >= 0.6 is 0 Å². The minimum Gasteiger partial charge on any atom is -0.264 e. The summed E-state index contributed by atoms with van der Waals surface area (Å²) in [7, 11) is 0. The maximum atomic E-state index is 5.37. The number of nitrogens with zero attached hydrogens (tertiary/aromatic N) is 3. The Morgan fingerprint density at radius 3 is 1.38 bits per heavy atom. The van der Waals surface area contributed by atoms with E-state index >= 15 is 0 Å². The Hall–Kier alpha value is -7.23. The lowest BCUT2D eigenvalue weighted by Crippen LogP contribution is -2.25. The van der Waals surface area contributed by atoms with Crippen molar-refractivity contribution in [3.05, 3.63) is 223 Å². The fraction of sp³-hybridized carbons (Fsp3) is 0.0192. The van der Waals surface area contributed by atoms with Crippen molar-refractivity contribution in [2.24, 2.45) is 0 Å². The third-order valence-electron chi connectivity index (χ3n) is 11.5. The van der Waals surface area contributed by atoms with Gasteiger partial charge < -0.3 is 0 Å². The summed E-state index contributed by atoms with van der Waals surface area (Å²) in [6, 6.07) is 67.5. The SMILES string of the molecule is c1ccc(-c2ccc(-c3ccc(-c4cc(-c5cccnc5)nc(-c5cccc6c5-c5ccccc5C65c6ccccc6-c6ccccc65)n4)cc3)cc2)cc1. The van der Waals surface area contributed by atoms with Crippen molar-refractivity contribution < 1.29 is 0 Å². The van der Waals surface area contributed by atoms with Crippen molar-refractivity contribution in [2.45, 2.75) is 5.41 Å². The molecule has 11 rings (SSSR count).